The van der Waals surface area contributed by atoms with Crippen LogP contribution < -0.4 is 4.74 Å². The largest absolute Gasteiger partial charge is 0.493 e. The molecule has 110 valence electrons. The van der Waals surface area contributed by atoms with E-state index in [-0.39, 0.29) is 11.6 Å². The lowest BCUT2D eigenvalue weighted by atomic mass is 10.1. The Morgan fingerprint density at radius 3 is 2.48 bits per heavy atom. The third-order valence-corrected chi connectivity index (χ3v) is 3.52. The van der Waals surface area contributed by atoms with Crippen LogP contribution in [0.4, 0.5) is 8.78 Å². The summed E-state index contributed by atoms with van der Waals surface area (Å²) in [5, 5.41) is 0. The van der Waals surface area contributed by atoms with Crippen molar-refractivity contribution in [2.24, 2.45) is 0 Å². The minimum Gasteiger partial charge on any atom is -0.493 e. The van der Waals surface area contributed by atoms with Crippen molar-refractivity contribution in [3.63, 3.8) is 0 Å². The van der Waals surface area contributed by atoms with Crippen molar-refractivity contribution in [2.75, 3.05) is 6.61 Å². The maximum Gasteiger partial charge on any atom is 0.163 e. The van der Waals surface area contributed by atoms with E-state index in [4.69, 9.17) is 4.74 Å². The van der Waals surface area contributed by atoms with Gasteiger partial charge in [-0.05, 0) is 58.7 Å². The van der Waals surface area contributed by atoms with E-state index in [0.717, 1.165) is 0 Å². The first-order valence-electron chi connectivity index (χ1n) is 6.43. The second-order valence-electron chi connectivity index (χ2n) is 4.46. The molecule has 21 heavy (non-hydrogen) atoms. The average Bonchev–Trinajstić information content (AvgIpc) is 2.47. The lowest BCUT2D eigenvalue weighted by Crippen LogP contribution is -2.04. The Balaban J connectivity index is 1.77. The summed E-state index contributed by atoms with van der Waals surface area (Å²) in [5.41, 5.74) is 0.478. The topological polar surface area (TPSA) is 26.3 Å². The van der Waals surface area contributed by atoms with Crippen molar-refractivity contribution >= 4 is 21.7 Å². The van der Waals surface area contributed by atoms with Crippen molar-refractivity contribution in [1.29, 1.82) is 0 Å². The number of benzene rings is 2. The highest BCUT2D eigenvalue weighted by atomic mass is 79.9. The summed E-state index contributed by atoms with van der Waals surface area (Å²) in [6, 6.07) is 9.93. The molecule has 2 nitrogen and oxygen atoms in total. The summed E-state index contributed by atoms with van der Waals surface area (Å²) in [7, 11) is 0. The lowest BCUT2D eigenvalue weighted by molar-refractivity contribution is 0.0973. The van der Waals surface area contributed by atoms with Gasteiger partial charge in [-0.2, -0.15) is 0 Å². The minimum absolute atomic E-state index is 0.0689. The number of hydrogen-bond acceptors (Lipinski definition) is 2. The number of halogens is 3. The molecule has 0 aliphatic rings. The molecule has 2 aromatic rings. The van der Waals surface area contributed by atoms with Crippen molar-refractivity contribution in [1.82, 2.24) is 0 Å². The van der Waals surface area contributed by atoms with Crippen LogP contribution in [0.3, 0.4) is 0 Å². The molecule has 5 heteroatoms. The molecule has 0 heterocycles. The predicted molar refractivity (Wildman–Crippen MR) is 79.6 cm³/mol. The van der Waals surface area contributed by atoms with Crippen molar-refractivity contribution < 1.29 is 18.3 Å². The van der Waals surface area contributed by atoms with Crippen molar-refractivity contribution in [3.8, 4) is 5.75 Å². The fourth-order valence-corrected chi connectivity index (χ4v) is 2.02. The average molecular weight is 355 g/mol. The highest BCUT2D eigenvalue weighted by Crippen LogP contribution is 2.21. The fourth-order valence-electron chi connectivity index (χ4n) is 1.77. The van der Waals surface area contributed by atoms with Crippen LogP contribution in [0, 0.1) is 11.6 Å². The van der Waals surface area contributed by atoms with Gasteiger partial charge in [0.15, 0.2) is 5.78 Å². The molecule has 0 saturated heterocycles. The van der Waals surface area contributed by atoms with E-state index < -0.39 is 5.82 Å². The maximum atomic E-state index is 13.3. The number of carbonyl (C=O) groups is 1. The lowest BCUT2D eigenvalue weighted by Gasteiger charge is -2.06. The fraction of sp³-hybridized carbons (Fsp3) is 0.188. The van der Waals surface area contributed by atoms with Crippen LogP contribution in [0.2, 0.25) is 0 Å². The Kier molecular flexibility index (Phi) is 5.44. The molecule has 0 aromatic heterocycles. The van der Waals surface area contributed by atoms with Crippen LogP contribution in [-0.4, -0.2) is 12.4 Å². The number of ether oxygens (including phenoxy) is 1. The summed E-state index contributed by atoms with van der Waals surface area (Å²) in [4.78, 5) is 11.8. The molecule has 0 spiro atoms. The molecule has 0 bridgehead atoms. The van der Waals surface area contributed by atoms with E-state index in [2.05, 4.69) is 15.9 Å². The first-order chi connectivity index (χ1) is 10.1. The van der Waals surface area contributed by atoms with Gasteiger partial charge in [0.1, 0.15) is 17.4 Å². The number of ketones is 1. The van der Waals surface area contributed by atoms with E-state index in [9.17, 15) is 13.6 Å². The van der Waals surface area contributed by atoms with E-state index in [0.29, 0.717) is 35.2 Å². The molecule has 2 rings (SSSR count). The van der Waals surface area contributed by atoms with Crippen LogP contribution >= 0.6 is 15.9 Å². The second-order valence-corrected chi connectivity index (χ2v) is 5.31. The molecule has 0 radical (unpaired) electrons. The maximum absolute atomic E-state index is 13.3. The number of rotatable bonds is 6. The zero-order chi connectivity index (χ0) is 15.2. The second kappa shape index (κ2) is 7.31. The molecule has 0 N–H and O–H groups in total. The van der Waals surface area contributed by atoms with Gasteiger partial charge < -0.3 is 4.74 Å². The monoisotopic (exact) mass is 354 g/mol. The van der Waals surface area contributed by atoms with E-state index >= 15 is 0 Å². The predicted octanol–water partition coefficient (Wildman–Crippen LogP) is 4.77. The van der Waals surface area contributed by atoms with E-state index in [1.807, 2.05) is 0 Å². The molecule has 2 aromatic carbocycles. The summed E-state index contributed by atoms with van der Waals surface area (Å²) in [5.74, 6) is -0.410. The number of carbonyl (C=O) groups excluding carboxylic acids is 1. The first-order valence-corrected chi connectivity index (χ1v) is 7.22. The zero-order valence-electron chi connectivity index (χ0n) is 11.1. The molecule has 0 saturated carbocycles. The van der Waals surface area contributed by atoms with Crippen molar-refractivity contribution in [2.45, 2.75) is 12.8 Å². The van der Waals surface area contributed by atoms with Gasteiger partial charge in [0.2, 0.25) is 0 Å². The van der Waals surface area contributed by atoms with Crippen LogP contribution in [0.5, 0.6) is 5.75 Å². The Morgan fingerprint density at radius 1 is 1.10 bits per heavy atom. The highest BCUT2D eigenvalue weighted by Gasteiger charge is 2.06. The summed E-state index contributed by atoms with van der Waals surface area (Å²) in [6.45, 7) is 0.313. The van der Waals surface area contributed by atoms with E-state index in [1.54, 1.807) is 12.1 Å². The summed E-state index contributed by atoms with van der Waals surface area (Å²) < 4.78 is 31.7. The molecule has 0 fully saturated rings. The molecular weight excluding hydrogens is 342 g/mol. The third kappa shape index (κ3) is 4.63. The van der Waals surface area contributed by atoms with Crippen LogP contribution in [-0.2, 0) is 0 Å². The van der Waals surface area contributed by atoms with Crippen LogP contribution in [0.25, 0.3) is 0 Å². The van der Waals surface area contributed by atoms with Crippen molar-refractivity contribution in [3.05, 3.63) is 64.1 Å². The van der Waals surface area contributed by atoms with Gasteiger partial charge >= 0.3 is 0 Å². The minimum atomic E-state index is -0.394. The molecule has 0 amide bonds. The molecule has 0 aliphatic carbocycles. The van der Waals surface area contributed by atoms with Crippen LogP contribution in [0.15, 0.2) is 46.9 Å². The normalized spacial score (nSPS) is 10.4. The Labute approximate surface area is 129 Å². The SMILES string of the molecule is O=C(CCCOc1ccc(Br)c(F)c1)c1ccc(F)cc1. The van der Waals surface area contributed by atoms with Crippen LogP contribution in [0.1, 0.15) is 23.2 Å². The Hall–Kier alpha value is -1.75. The molecule has 0 unspecified atom stereocenters. The van der Waals surface area contributed by atoms with Gasteiger partial charge in [0, 0.05) is 18.1 Å². The first kappa shape index (κ1) is 15.6. The Morgan fingerprint density at radius 2 is 1.81 bits per heavy atom. The molecular formula is C16H13BrF2O2. The van der Waals surface area contributed by atoms with Gasteiger partial charge in [-0.3, -0.25) is 4.79 Å². The van der Waals surface area contributed by atoms with Gasteiger partial charge in [0.25, 0.3) is 0 Å². The highest BCUT2D eigenvalue weighted by molar-refractivity contribution is 9.10. The summed E-state index contributed by atoms with van der Waals surface area (Å²) in [6.07, 6.45) is 0.804. The number of Topliss-reactive ketones (excluding diaryl/α,β-unsaturated/α-hetero) is 1. The van der Waals surface area contributed by atoms with E-state index in [1.165, 1.54) is 30.3 Å². The standard InChI is InChI=1S/C16H13BrF2O2/c17-14-8-7-13(10-15(14)19)21-9-1-2-16(20)11-3-5-12(18)6-4-11/h3-8,10H,1-2,9H2. The Bertz CT molecular complexity index is 627. The summed E-state index contributed by atoms with van der Waals surface area (Å²) >= 11 is 3.06. The molecule has 0 aliphatic heterocycles. The van der Waals surface area contributed by atoms with Gasteiger partial charge in [-0.15, -0.1) is 0 Å². The third-order valence-electron chi connectivity index (χ3n) is 2.87. The zero-order valence-corrected chi connectivity index (χ0v) is 12.7. The smallest absolute Gasteiger partial charge is 0.163 e. The number of hydrogen-bond donors (Lipinski definition) is 0. The molecule has 0 atom stereocenters. The van der Waals surface area contributed by atoms with Gasteiger partial charge in [0.05, 0.1) is 11.1 Å². The van der Waals surface area contributed by atoms with Gasteiger partial charge in [-0.1, -0.05) is 0 Å². The quantitative estimate of drug-likeness (QED) is 0.551. The van der Waals surface area contributed by atoms with Gasteiger partial charge in [-0.25, -0.2) is 8.78 Å².